The van der Waals surface area contributed by atoms with E-state index in [0.717, 1.165) is 26.1 Å². The van der Waals surface area contributed by atoms with Crippen LogP contribution in [0.2, 0.25) is 0 Å². The molecule has 140 valence electrons. The van der Waals surface area contributed by atoms with E-state index >= 15 is 0 Å². The number of nitrogens with one attached hydrogen (secondary N) is 1. The maximum atomic E-state index is 12.8. The average molecular weight is 401 g/mol. The van der Waals surface area contributed by atoms with Crippen LogP contribution in [0.25, 0.3) is 0 Å². The minimum Gasteiger partial charge on any atom is -0.431 e. The first-order valence-corrected chi connectivity index (χ1v) is 10.6. The van der Waals surface area contributed by atoms with Gasteiger partial charge < -0.3 is 14.8 Å². The molecular formula is C20H20N2O3S2. The van der Waals surface area contributed by atoms with Gasteiger partial charge >= 0.3 is 0 Å². The van der Waals surface area contributed by atoms with Crippen LogP contribution in [-0.2, 0) is 4.74 Å². The summed E-state index contributed by atoms with van der Waals surface area (Å²) in [6, 6.07) is 11.3. The molecule has 1 fully saturated rings. The molecule has 4 rings (SSSR count). The molecule has 2 aromatic heterocycles. The highest BCUT2D eigenvalue weighted by molar-refractivity contribution is 7.11. The number of benzene rings is 1. The molecule has 1 aliphatic heterocycles. The molecule has 27 heavy (non-hydrogen) atoms. The lowest BCUT2D eigenvalue weighted by Gasteiger charge is -2.30. The Morgan fingerprint density at radius 3 is 2.63 bits per heavy atom. The number of carbonyl (C=O) groups excluding carboxylic acids is 1. The molecule has 1 saturated heterocycles. The van der Waals surface area contributed by atoms with Gasteiger partial charge in [0.15, 0.2) is 0 Å². The van der Waals surface area contributed by atoms with Crippen LogP contribution in [0.15, 0.2) is 53.4 Å². The molecule has 1 atom stereocenters. The molecule has 1 amide bonds. The largest absolute Gasteiger partial charge is 0.431 e. The molecule has 5 nitrogen and oxygen atoms in total. The number of hydrogen-bond donors (Lipinski definition) is 1. The minimum absolute atomic E-state index is 0.0210. The highest BCUT2D eigenvalue weighted by Gasteiger charge is 2.28. The number of nitrogens with zero attached hydrogens (tertiary/aromatic N) is 1. The summed E-state index contributed by atoms with van der Waals surface area (Å²) in [4.78, 5) is 18.1. The topological polar surface area (TPSA) is 60.5 Å². The van der Waals surface area contributed by atoms with Crippen LogP contribution in [-0.4, -0.2) is 24.1 Å². The third kappa shape index (κ3) is 4.55. The second kappa shape index (κ2) is 8.65. The quantitative estimate of drug-likeness (QED) is 0.640. The molecular weight excluding hydrogens is 380 g/mol. The Labute approximate surface area is 166 Å². The zero-order valence-electron chi connectivity index (χ0n) is 14.7. The van der Waals surface area contributed by atoms with Gasteiger partial charge in [-0.1, -0.05) is 17.4 Å². The molecule has 1 aliphatic rings. The number of rotatable bonds is 6. The molecule has 7 heteroatoms. The van der Waals surface area contributed by atoms with E-state index in [0.29, 0.717) is 22.4 Å². The summed E-state index contributed by atoms with van der Waals surface area (Å²) in [5, 5.41) is 7.74. The van der Waals surface area contributed by atoms with Crippen molar-refractivity contribution in [3.8, 4) is 10.9 Å². The summed E-state index contributed by atoms with van der Waals surface area (Å²) >= 11 is 3.11. The van der Waals surface area contributed by atoms with Crippen LogP contribution in [0, 0.1) is 5.92 Å². The van der Waals surface area contributed by atoms with E-state index in [9.17, 15) is 4.79 Å². The molecule has 0 radical (unpaired) electrons. The van der Waals surface area contributed by atoms with Crippen LogP contribution < -0.4 is 10.1 Å². The summed E-state index contributed by atoms with van der Waals surface area (Å²) in [5.41, 5.74) is 0.620. The lowest BCUT2D eigenvalue weighted by atomic mass is 9.90. The van der Waals surface area contributed by atoms with Crippen LogP contribution in [0.1, 0.15) is 34.1 Å². The van der Waals surface area contributed by atoms with Crippen molar-refractivity contribution < 1.29 is 14.3 Å². The van der Waals surface area contributed by atoms with E-state index in [-0.39, 0.29) is 11.9 Å². The van der Waals surface area contributed by atoms with Crippen molar-refractivity contribution in [1.29, 1.82) is 0 Å². The van der Waals surface area contributed by atoms with Crippen molar-refractivity contribution in [3.63, 3.8) is 0 Å². The average Bonchev–Trinajstić information content (AvgIpc) is 3.41. The highest BCUT2D eigenvalue weighted by Crippen LogP contribution is 2.33. The van der Waals surface area contributed by atoms with Gasteiger partial charge in [0.05, 0.1) is 6.04 Å². The fourth-order valence-electron chi connectivity index (χ4n) is 3.20. The lowest BCUT2D eigenvalue weighted by Crippen LogP contribution is -2.35. The monoisotopic (exact) mass is 400 g/mol. The molecule has 1 N–H and O–H groups in total. The molecule has 1 aromatic carbocycles. The molecule has 0 spiro atoms. The molecule has 0 aliphatic carbocycles. The van der Waals surface area contributed by atoms with Gasteiger partial charge in [0, 0.05) is 35.2 Å². The number of aromatic nitrogens is 1. The smallest absolute Gasteiger partial charge is 0.278 e. The van der Waals surface area contributed by atoms with Crippen molar-refractivity contribution in [3.05, 3.63) is 63.8 Å². The predicted octanol–water partition coefficient (Wildman–Crippen LogP) is 4.89. The van der Waals surface area contributed by atoms with Crippen LogP contribution in [0.5, 0.6) is 10.9 Å². The number of carbonyl (C=O) groups is 1. The summed E-state index contributed by atoms with van der Waals surface area (Å²) in [6.07, 6.45) is 3.62. The SMILES string of the molecule is O=C(N[C@H](c1cccs1)C1CCOCC1)c1ccc(Oc2nccs2)cc1. The van der Waals surface area contributed by atoms with Crippen LogP contribution >= 0.6 is 22.7 Å². The third-order valence-electron chi connectivity index (χ3n) is 4.60. The van der Waals surface area contributed by atoms with Gasteiger partial charge in [-0.15, -0.1) is 11.3 Å². The summed E-state index contributed by atoms with van der Waals surface area (Å²) < 4.78 is 11.1. The van der Waals surface area contributed by atoms with Crippen molar-refractivity contribution in [2.24, 2.45) is 5.92 Å². The van der Waals surface area contributed by atoms with Crippen LogP contribution in [0.3, 0.4) is 0 Å². The van der Waals surface area contributed by atoms with E-state index in [2.05, 4.69) is 21.7 Å². The Morgan fingerprint density at radius 2 is 1.96 bits per heavy atom. The van der Waals surface area contributed by atoms with Gasteiger partial charge in [-0.3, -0.25) is 4.79 Å². The molecule has 3 aromatic rings. The summed E-state index contributed by atoms with van der Waals surface area (Å²) in [6.45, 7) is 1.51. The second-order valence-electron chi connectivity index (χ2n) is 6.34. The Kier molecular flexibility index (Phi) is 5.81. The Balaban J connectivity index is 1.45. The zero-order valence-corrected chi connectivity index (χ0v) is 16.3. The minimum atomic E-state index is -0.0688. The number of hydrogen-bond acceptors (Lipinski definition) is 6. The first-order chi connectivity index (χ1) is 13.3. The van der Waals surface area contributed by atoms with E-state index in [1.165, 1.54) is 16.2 Å². The lowest BCUT2D eigenvalue weighted by molar-refractivity contribution is 0.0518. The fourth-order valence-corrected chi connectivity index (χ4v) is 4.57. The summed E-state index contributed by atoms with van der Waals surface area (Å²) in [7, 11) is 0. The van der Waals surface area contributed by atoms with Gasteiger partial charge in [0.2, 0.25) is 0 Å². The number of thiophene rings is 1. The van der Waals surface area contributed by atoms with E-state index < -0.39 is 0 Å². The van der Waals surface area contributed by atoms with Gasteiger partial charge in [0.1, 0.15) is 5.75 Å². The van der Waals surface area contributed by atoms with Crippen molar-refractivity contribution in [1.82, 2.24) is 10.3 Å². The molecule has 0 unspecified atom stereocenters. The maximum absolute atomic E-state index is 12.8. The van der Waals surface area contributed by atoms with Gasteiger partial charge in [-0.25, -0.2) is 4.98 Å². The number of ether oxygens (including phenoxy) is 2. The van der Waals surface area contributed by atoms with E-state index in [4.69, 9.17) is 9.47 Å². The number of amides is 1. The Bertz CT molecular complexity index is 842. The fraction of sp³-hybridized carbons (Fsp3) is 0.300. The molecule has 0 saturated carbocycles. The van der Waals surface area contributed by atoms with Gasteiger partial charge in [-0.05, 0) is 54.5 Å². The second-order valence-corrected chi connectivity index (χ2v) is 8.18. The normalized spacial score (nSPS) is 16.0. The van der Waals surface area contributed by atoms with Crippen molar-refractivity contribution in [2.45, 2.75) is 18.9 Å². The predicted molar refractivity (Wildman–Crippen MR) is 107 cm³/mol. The van der Waals surface area contributed by atoms with E-state index in [1.807, 2.05) is 11.4 Å². The Hall–Kier alpha value is -2.22. The molecule has 3 heterocycles. The third-order valence-corrected chi connectivity index (χ3v) is 6.21. The highest BCUT2D eigenvalue weighted by atomic mass is 32.1. The van der Waals surface area contributed by atoms with Gasteiger partial charge in [0.25, 0.3) is 11.1 Å². The standard InChI is InChI=1S/C20H20N2O3S2/c23-19(15-3-5-16(6-4-15)25-20-21-9-13-27-20)22-18(17-2-1-12-26-17)14-7-10-24-11-8-14/h1-6,9,12-14,18H,7-8,10-11H2,(H,22,23)/t18-/m0/s1. The van der Waals surface area contributed by atoms with Gasteiger partial charge in [-0.2, -0.15) is 0 Å². The van der Waals surface area contributed by atoms with Crippen LogP contribution in [0.4, 0.5) is 0 Å². The van der Waals surface area contributed by atoms with Crippen molar-refractivity contribution in [2.75, 3.05) is 13.2 Å². The zero-order chi connectivity index (χ0) is 18.5. The number of thiazole rings is 1. The van der Waals surface area contributed by atoms with E-state index in [1.54, 1.807) is 41.8 Å². The van der Waals surface area contributed by atoms with Crippen molar-refractivity contribution >= 4 is 28.6 Å². The first-order valence-electron chi connectivity index (χ1n) is 8.89. The summed E-state index contributed by atoms with van der Waals surface area (Å²) in [5.74, 6) is 0.996. The molecule has 0 bridgehead atoms. The maximum Gasteiger partial charge on any atom is 0.278 e. The first kappa shape index (κ1) is 18.2. The Morgan fingerprint density at radius 1 is 1.15 bits per heavy atom.